The summed E-state index contributed by atoms with van der Waals surface area (Å²) in [5.74, 6) is 0.786. The van der Waals surface area contributed by atoms with Crippen molar-refractivity contribution in [3.8, 4) is 17.0 Å². The van der Waals surface area contributed by atoms with E-state index in [1.54, 1.807) is 19.2 Å². The number of hydrogen-bond acceptors (Lipinski definition) is 3. The average Bonchev–Trinajstić information content (AvgIpc) is 2.59. The highest BCUT2D eigenvalue weighted by Gasteiger charge is 2.08. The Kier molecular flexibility index (Phi) is 5.08. The standard InChI is InChI=1S/C18H18N2O2P2/c1-22-13-6-7-14(17(24)10-13)15-8-9-18(21)20(19-15)11-12-4-2-3-5-16(12)23/h2-10H,11,23-24H2,1H3. The Morgan fingerprint density at radius 1 is 1.04 bits per heavy atom. The number of rotatable bonds is 4. The first-order valence-corrected chi connectivity index (χ1v) is 8.59. The molecule has 0 bridgehead atoms. The molecule has 0 aliphatic carbocycles. The summed E-state index contributed by atoms with van der Waals surface area (Å²) in [6, 6.07) is 17.0. The van der Waals surface area contributed by atoms with Crippen molar-refractivity contribution in [2.24, 2.45) is 0 Å². The summed E-state index contributed by atoms with van der Waals surface area (Å²) in [6.07, 6.45) is 0. The third kappa shape index (κ3) is 3.56. The van der Waals surface area contributed by atoms with Crippen molar-refractivity contribution in [2.75, 3.05) is 7.11 Å². The lowest BCUT2D eigenvalue weighted by Gasteiger charge is -2.11. The number of aromatic nitrogens is 2. The summed E-state index contributed by atoms with van der Waals surface area (Å²) in [5, 5.41) is 6.57. The van der Waals surface area contributed by atoms with E-state index in [2.05, 4.69) is 23.6 Å². The third-order valence-electron chi connectivity index (χ3n) is 3.78. The monoisotopic (exact) mass is 356 g/mol. The van der Waals surface area contributed by atoms with Gasteiger partial charge in [-0.2, -0.15) is 5.10 Å². The zero-order valence-electron chi connectivity index (χ0n) is 13.3. The third-order valence-corrected chi connectivity index (χ3v) is 4.82. The number of benzene rings is 2. The molecule has 4 nitrogen and oxygen atoms in total. The molecule has 122 valence electrons. The maximum absolute atomic E-state index is 12.2. The fraction of sp³-hybridized carbons (Fsp3) is 0.111. The quantitative estimate of drug-likeness (QED) is 0.672. The van der Waals surface area contributed by atoms with Crippen LogP contribution in [-0.4, -0.2) is 16.9 Å². The van der Waals surface area contributed by atoms with Crippen LogP contribution in [0.15, 0.2) is 59.4 Å². The molecule has 3 aromatic rings. The Balaban J connectivity index is 2.00. The first-order chi connectivity index (χ1) is 11.6. The molecule has 0 aliphatic heterocycles. The smallest absolute Gasteiger partial charge is 0.267 e. The number of nitrogens with zero attached hydrogens (tertiary/aromatic N) is 2. The van der Waals surface area contributed by atoms with Crippen LogP contribution in [0.2, 0.25) is 0 Å². The van der Waals surface area contributed by atoms with E-state index in [1.807, 2.05) is 42.5 Å². The Labute approximate surface area is 145 Å². The molecule has 0 amide bonds. The molecule has 2 unspecified atom stereocenters. The van der Waals surface area contributed by atoms with E-state index in [4.69, 9.17) is 4.74 Å². The fourth-order valence-corrected chi connectivity index (χ4v) is 3.15. The number of hydrogen-bond donors (Lipinski definition) is 0. The molecule has 0 radical (unpaired) electrons. The van der Waals surface area contributed by atoms with E-state index in [-0.39, 0.29) is 5.56 Å². The van der Waals surface area contributed by atoms with Crippen molar-refractivity contribution >= 4 is 29.1 Å². The van der Waals surface area contributed by atoms with E-state index in [1.165, 1.54) is 4.68 Å². The molecule has 24 heavy (non-hydrogen) atoms. The van der Waals surface area contributed by atoms with Gasteiger partial charge in [-0.25, -0.2) is 4.68 Å². The van der Waals surface area contributed by atoms with Crippen LogP contribution in [-0.2, 0) is 6.54 Å². The van der Waals surface area contributed by atoms with Crippen molar-refractivity contribution in [1.29, 1.82) is 0 Å². The predicted octanol–water partition coefficient (Wildman–Crippen LogP) is 1.97. The minimum absolute atomic E-state index is 0.120. The molecule has 3 rings (SSSR count). The SMILES string of the molecule is COc1ccc(-c2ccc(=O)n(Cc3ccccc3P)n2)c(P)c1. The first kappa shape index (κ1) is 16.8. The molecular weight excluding hydrogens is 338 g/mol. The van der Waals surface area contributed by atoms with E-state index < -0.39 is 0 Å². The molecule has 1 aromatic heterocycles. The van der Waals surface area contributed by atoms with Gasteiger partial charge in [0.2, 0.25) is 0 Å². The molecule has 0 fully saturated rings. The van der Waals surface area contributed by atoms with Gasteiger partial charge in [-0.15, -0.1) is 18.5 Å². The molecular formula is C18H18N2O2P2. The maximum Gasteiger partial charge on any atom is 0.267 e. The van der Waals surface area contributed by atoms with Crippen LogP contribution >= 0.6 is 18.5 Å². The van der Waals surface area contributed by atoms with Crippen molar-refractivity contribution < 1.29 is 4.74 Å². The molecule has 0 saturated carbocycles. The van der Waals surface area contributed by atoms with Gasteiger partial charge in [-0.3, -0.25) is 4.79 Å². The van der Waals surface area contributed by atoms with Crippen molar-refractivity contribution in [3.63, 3.8) is 0 Å². The van der Waals surface area contributed by atoms with E-state index in [9.17, 15) is 4.79 Å². The van der Waals surface area contributed by atoms with E-state index >= 15 is 0 Å². The lowest BCUT2D eigenvalue weighted by molar-refractivity contribution is 0.415. The largest absolute Gasteiger partial charge is 0.497 e. The van der Waals surface area contributed by atoms with Crippen LogP contribution in [0.1, 0.15) is 5.56 Å². The van der Waals surface area contributed by atoms with E-state index in [0.29, 0.717) is 6.54 Å². The summed E-state index contributed by atoms with van der Waals surface area (Å²) >= 11 is 0. The fourth-order valence-electron chi connectivity index (χ4n) is 2.45. The minimum atomic E-state index is -0.120. The normalized spacial score (nSPS) is 10.6. The molecule has 6 heteroatoms. The van der Waals surface area contributed by atoms with Crippen LogP contribution in [0.5, 0.6) is 5.75 Å². The van der Waals surface area contributed by atoms with Gasteiger partial charge < -0.3 is 4.74 Å². The Bertz CT molecular complexity index is 938. The minimum Gasteiger partial charge on any atom is -0.497 e. The molecule has 2 aromatic carbocycles. The molecule has 0 N–H and O–H groups in total. The van der Waals surface area contributed by atoms with Gasteiger partial charge in [0, 0.05) is 11.6 Å². The lowest BCUT2D eigenvalue weighted by Crippen LogP contribution is -2.24. The van der Waals surface area contributed by atoms with Crippen molar-refractivity contribution in [1.82, 2.24) is 9.78 Å². The van der Waals surface area contributed by atoms with Gasteiger partial charge in [-0.05, 0) is 40.4 Å². The summed E-state index contributed by atoms with van der Waals surface area (Å²) in [5.41, 5.74) is 2.64. The van der Waals surface area contributed by atoms with Crippen LogP contribution in [0.25, 0.3) is 11.3 Å². The first-order valence-electron chi connectivity index (χ1n) is 7.44. The highest BCUT2D eigenvalue weighted by Crippen LogP contribution is 2.20. The Morgan fingerprint density at radius 2 is 1.83 bits per heavy atom. The van der Waals surface area contributed by atoms with Gasteiger partial charge in [0.1, 0.15) is 5.75 Å². The van der Waals surface area contributed by atoms with Gasteiger partial charge >= 0.3 is 0 Å². The average molecular weight is 356 g/mol. The molecule has 0 saturated heterocycles. The molecule has 0 spiro atoms. The Morgan fingerprint density at radius 3 is 2.54 bits per heavy atom. The second-order valence-corrected chi connectivity index (χ2v) is 6.61. The highest BCUT2D eigenvalue weighted by atomic mass is 31.0. The predicted molar refractivity (Wildman–Crippen MR) is 105 cm³/mol. The number of methoxy groups -OCH3 is 1. The van der Waals surface area contributed by atoms with Crippen LogP contribution in [0, 0.1) is 0 Å². The maximum atomic E-state index is 12.2. The van der Waals surface area contributed by atoms with Gasteiger partial charge in [0.05, 0.1) is 19.3 Å². The number of ether oxygens (including phenoxy) is 1. The summed E-state index contributed by atoms with van der Waals surface area (Å²) in [6.45, 7) is 0.439. The molecule has 1 heterocycles. The second kappa shape index (κ2) is 7.25. The van der Waals surface area contributed by atoms with Gasteiger partial charge in [-0.1, -0.05) is 24.3 Å². The topological polar surface area (TPSA) is 44.1 Å². The molecule has 0 aliphatic rings. The second-order valence-electron chi connectivity index (χ2n) is 5.37. The molecule has 2 atom stereocenters. The Hall–Kier alpha value is -2.02. The van der Waals surface area contributed by atoms with Crippen LogP contribution in [0.3, 0.4) is 0 Å². The van der Waals surface area contributed by atoms with Gasteiger partial charge in [0.25, 0.3) is 5.56 Å². The zero-order chi connectivity index (χ0) is 17.1. The van der Waals surface area contributed by atoms with Crippen molar-refractivity contribution in [3.05, 3.63) is 70.5 Å². The lowest BCUT2D eigenvalue weighted by atomic mass is 10.1. The summed E-state index contributed by atoms with van der Waals surface area (Å²) in [4.78, 5) is 12.2. The van der Waals surface area contributed by atoms with Crippen molar-refractivity contribution in [2.45, 2.75) is 6.54 Å². The summed E-state index contributed by atoms with van der Waals surface area (Å²) in [7, 11) is 7.01. The van der Waals surface area contributed by atoms with Gasteiger partial charge in [0.15, 0.2) is 0 Å². The van der Waals surface area contributed by atoms with Crippen LogP contribution in [0.4, 0.5) is 0 Å². The van der Waals surface area contributed by atoms with E-state index in [0.717, 1.165) is 33.2 Å². The summed E-state index contributed by atoms with van der Waals surface area (Å²) < 4.78 is 6.72. The highest BCUT2D eigenvalue weighted by molar-refractivity contribution is 7.28. The zero-order valence-corrected chi connectivity index (χ0v) is 15.6. The van der Waals surface area contributed by atoms with Crippen LogP contribution < -0.4 is 20.9 Å².